The number of likely N-dealkylation sites (tertiary alicyclic amines) is 1. The Kier molecular flexibility index (Phi) is 5.40. The van der Waals surface area contributed by atoms with Crippen LogP contribution in [0.1, 0.15) is 31.7 Å². The summed E-state index contributed by atoms with van der Waals surface area (Å²) in [7, 11) is 0. The molecule has 1 aromatic carbocycles. The molecule has 3 nitrogen and oxygen atoms in total. The first-order chi connectivity index (χ1) is 9.24. The molecule has 1 aliphatic rings. The van der Waals surface area contributed by atoms with E-state index < -0.39 is 0 Å². The van der Waals surface area contributed by atoms with Gasteiger partial charge in [-0.3, -0.25) is 4.79 Å². The molecule has 1 unspecified atom stereocenters. The Labute approximate surface area is 116 Å². The lowest BCUT2D eigenvalue weighted by Crippen LogP contribution is -2.47. The van der Waals surface area contributed by atoms with E-state index >= 15 is 0 Å². The van der Waals surface area contributed by atoms with Gasteiger partial charge in [0.2, 0.25) is 5.91 Å². The molecular weight excluding hydrogens is 236 g/mol. The maximum absolute atomic E-state index is 11.1. The number of carbonyl (C=O) groups excluding carboxylic acids is 1. The van der Waals surface area contributed by atoms with Gasteiger partial charge in [-0.05, 0) is 44.3 Å². The summed E-state index contributed by atoms with van der Waals surface area (Å²) >= 11 is 0. The summed E-state index contributed by atoms with van der Waals surface area (Å²) in [5, 5.41) is 3.04. The Morgan fingerprint density at radius 2 is 2.16 bits per heavy atom. The van der Waals surface area contributed by atoms with Crippen LogP contribution in [0.5, 0.6) is 0 Å². The van der Waals surface area contributed by atoms with Gasteiger partial charge >= 0.3 is 0 Å². The minimum absolute atomic E-state index is 0.0936. The molecule has 0 aliphatic carbocycles. The fourth-order valence-electron chi connectivity index (χ4n) is 2.82. The monoisotopic (exact) mass is 260 g/mol. The second kappa shape index (κ2) is 7.29. The number of hydrogen-bond donors (Lipinski definition) is 1. The van der Waals surface area contributed by atoms with E-state index in [1.54, 1.807) is 6.92 Å². The first-order valence-electron chi connectivity index (χ1n) is 7.27. The second-order valence-corrected chi connectivity index (χ2v) is 5.43. The van der Waals surface area contributed by atoms with E-state index in [2.05, 4.69) is 40.5 Å². The molecule has 0 radical (unpaired) electrons. The van der Waals surface area contributed by atoms with Gasteiger partial charge in [0.25, 0.3) is 0 Å². The zero-order chi connectivity index (χ0) is 13.5. The summed E-state index contributed by atoms with van der Waals surface area (Å²) in [4.78, 5) is 13.6. The van der Waals surface area contributed by atoms with Gasteiger partial charge in [-0.1, -0.05) is 30.3 Å². The van der Waals surface area contributed by atoms with Crippen LogP contribution in [0.4, 0.5) is 0 Å². The van der Waals surface area contributed by atoms with Crippen molar-refractivity contribution in [3.63, 3.8) is 0 Å². The molecule has 0 aromatic heterocycles. The third-order valence-electron chi connectivity index (χ3n) is 3.70. The molecule has 1 aromatic rings. The van der Waals surface area contributed by atoms with E-state index in [0.717, 1.165) is 25.9 Å². The summed E-state index contributed by atoms with van der Waals surface area (Å²) in [6, 6.07) is 11.0. The Bertz CT molecular complexity index is 391. The quantitative estimate of drug-likeness (QED) is 0.880. The van der Waals surface area contributed by atoms with Crippen LogP contribution >= 0.6 is 0 Å². The van der Waals surface area contributed by atoms with Crippen LogP contribution < -0.4 is 5.32 Å². The first-order valence-corrected chi connectivity index (χ1v) is 7.27. The van der Waals surface area contributed by atoms with Crippen LogP contribution in [0.2, 0.25) is 0 Å². The number of benzene rings is 1. The van der Waals surface area contributed by atoms with E-state index in [1.807, 2.05) is 0 Å². The van der Waals surface area contributed by atoms with Gasteiger partial charge in [0.1, 0.15) is 0 Å². The molecule has 1 heterocycles. The van der Waals surface area contributed by atoms with E-state index in [9.17, 15) is 4.79 Å². The van der Waals surface area contributed by atoms with Gasteiger partial charge in [-0.2, -0.15) is 0 Å². The SMILES string of the molecule is CC(=O)NC1CCCN(CCCc2ccccc2)C1. The number of piperidine rings is 1. The number of rotatable bonds is 5. The molecule has 2 rings (SSSR count). The zero-order valence-corrected chi connectivity index (χ0v) is 11.8. The molecule has 1 aliphatic heterocycles. The van der Waals surface area contributed by atoms with E-state index in [1.165, 1.54) is 24.9 Å². The summed E-state index contributed by atoms with van der Waals surface area (Å²) in [6.07, 6.45) is 4.64. The molecule has 1 fully saturated rings. The largest absolute Gasteiger partial charge is 0.352 e. The van der Waals surface area contributed by atoms with E-state index in [0.29, 0.717) is 6.04 Å². The fourth-order valence-corrected chi connectivity index (χ4v) is 2.82. The standard InChI is InChI=1S/C16H24N2O/c1-14(19)17-16-10-6-12-18(13-16)11-5-9-15-7-3-2-4-8-15/h2-4,7-8,16H,5-6,9-13H2,1H3,(H,17,19). The second-order valence-electron chi connectivity index (χ2n) is 5.43. The highest BCUT2D eigenvalue weighted by atomic mass is 16.1. The summed E-state index contributed by atoms with van der Waals surface area (Å²) in [5.41, 5.74) is 1.41. The maximum Gasteiger partial charge on any atom is 0.217 e. The highest BCUT2D eigenvalue weighted by Gasteiger charge is 2.19. The number of carbonyl (C=O) groups is 1. The smallest absolute Gasteiger partial charge is 0.217 e. The van der Waals surface area contributed by atoms with Crippen molar-refractivity contribution in [2.75, 3.05) is 19.6 Å². The Hall–Kier alpha value is -1.35. The highest BCUT2D eigenvalue weighted by molar-refractivity contribution is 5.73. The number of nitrogens with zero attached hydrogens (tertiary/aromatic N) is 1. The average molecular weight is 260 g/mol. The molecule has 0 saturated carbocycles. The van der Waals surface area contributed by atoms with Gasteiger partial charge in [-0.25, -0.2) is 0 Å². The molecule has 1 amide bonds. The van der Waals surface area contributed by atoms with E-state index in [-0.39, 0.29) is 5.91 Å². The van der Waals surface area contributed by atoms with Gasteiger partial charge in [0, 0.05) is 19.5 Å². The van der Waals surface area contributed by atoms with Crippen molar-refractivity contribution >= 4 is 5.91 Å². The van der Waals surface area contributed by atoms with Crippen LogP contribution in [0.25, 0.3) is 0 Å². The van der Waals surface area contributed by atoms with Gasteiger partial charge < -0.3 is 10.2 Å². The number of hydrogen-bond acceptors (Lipinski definition) is 2. The Morgan fingerprint density at radius 1 is 1.37 bits per heavy atom. The topological polar surface area (TPSA) is 32.3 Å². The summed E-state index contributed by atoms with van der Waals surface area (Å²) < 4.78 is 0. The molecule has 19 heavy (non-hydrogen) atoms. The molecule has 0 bridgehead atoms. The third kappa shape index (κ3) is 5.03. The van der Waals surface area contributed by atoms with Gasteiger partial charge in [0.15, 0.2) is 0 Å². The molecule has 3 heteroatoms. The molecule has 1 N–H and O–H groups in total. The summed E-state index contributed by atoms with van der Waals surface area (Å²) in [6.45, 7) is 4.92. The van der Waals surface area contributed by atoms with Crippen molar-refractivity contribution in [3.05, 3.63) is 35.9 Å². The van der Waals surface area contributed by atoms with Crippen molar-refractivity contribution in [1.82, 2.24) is 10.2 Å². The predicted octanol–water partition coefficient (Wildman–Crippen LogP) is 2.22. The normalized spacial score (nSPS) is 20.2. The molecule has 104 valence electrons. The van der Waals surface area contributed by atoms with Crippen molar-refractivity contribution in [2.45, 2.75) is 38.6 Å². The third-order valence-corrected chi connectivity index (χ3v) is 3.70. The van der Waals surface area contributed by atoms with Crippen molar-refractivity contribution in [1.29, 1.82) is 0 Å². The lowest BCUT2D eigenvalue weighted by atomic mass is 10.0. The zero-order valence-electron chi connectivity index (χ0n) is 11.8. The Balaban J connectivity index is 1.69. The minimum Gasteiger partial charge on any atom is -0.352 e. The van der Waals surface area contributed by atoms with Crippen LogP contribution in [-0.2, 0) is 11.2 Å². The Morgan fingerprint density at radius 3 is 2.89 bits per heavy atom. The highest BCUT2D eigenvalue weighted by Crippen LogP contribution is 2.11. The van der Waals surface area contributed by atoms with E-state index in [4.69, 9.17) is 0 Å². The lowest BCUT2D eigenvalue weighted by Gasteiger charge is -2.32. The molecule has 1 saturated heterocycles. The van der Waals surface area contributed by atoms with Crippen LogP contribution in [0, 0.1) is 0 Å². The first kappa shape index (κ1) is 14.1. The van der Waals surface area contributed by atoms with Gasteiger partial charge in [0.05, 0.1) is 0 Å². The van der Waals surface area contributed by atoms with Crippen molar-refractivity contribution < 1.29 is 4.79 Å². The molecular formula is C16H24N2O. The number of nitrogens with one attached hydrogen (secondary N) is 1. The molecule has 0 spiro atoms. The van der Waals surface area contributed by atoms with Crippen LogP contribution in [0.3, 0.4) is 0 Å². The molecule has 1 atom stereocenters. The fraction of sp³-hybridized carbons (Fsp3) is 0.562. The average Bonchev–Trinajstić information content (AvgIpc) is 2.40. The predicted molar refractivity (Wildman–Crippen MR) is 78.0 cm³/mol. The van der Waals surface area contributed by atoms with Crippen LogP contribution in [0.15, 0.2) is 30.3 Å². The van der Waals surface area contributed by atoms with Crippen molar-refractivity contribution in [2.24, 2.45) is 0 Å². The van der Waals surface area contributed by atoms with Crippen LogP contribution in [-0.4, -0.2) is 36.5 Å². The summed E-state index contributed by atoms with van der Waals surface area (Å²) in [5.74, 6) is 0.0936. The van der Waals surface area contributed by atoms with Gasteiger partial charge in [-0.15, -0.1) is 0 Å². The lowest BCUT2D eigenvalue weighted by molar-refractivity contribution is -0.120. The maximum atomic E-state index is 11.1. The van der Waals surface area contributed by atoms with Crippen molar-refractivity contribution in [3.8, 4) is 0 Å². The minimum atomic E-state index is 0.0936. The number of aryl methyl sites for hydroxylation is 1. The number of amides is 1.